The fraction of sp³-hybridized carbons (Fsp3) is 0.778. The summed E-state index contributed by atoms with van der Waals surface area (Å²) >= 11 is 0. The summed E-state index contributed by atoms with van der Waals surface area (Å²) < 4.78 is 24.2. The van der Waals surface area contributed by atoms with E-state index in [4.69, 9.17) is 0 Å². The second kappa shape index (κ2) is 5.95. The van der Waals surface area contributed by atoms with Gasteiger partial charge < -0.3 is 5.32 Å². The van der Waals surface area contributed by atoms with Crippen LogP contribution >= 0.6 is 0 Å². The van der Waals surface area contributed by atoms with Crippen LogP contribution in [0.15, 0.2) is 6.33 Å². The third-order valence-electron chi connectivity index (χ3n) is 2.31. The Labute approximate surface area is 96.0 Å². The molecule has 0 radical (unpaired) electrons. The fourth-order valence-corrected chi connectivity index (χ4v) is 2.01. The molecule has 0 fully saturated rings. The van der Waals surface area contributed by atoms with Crippen LogP contribution in [0.1, 0.15) is 19.7 Å². The molecule has 0 aromatic carbocycles. The van der Waals surface area contributed by atoms with Crippen LogP contribution in [0.4, 0.5) is 0 Å². The lowest BCUT2D eigenvalue weighted by atomic mass is 10.5. The second-order valence-corrected chi connectivity index (χ2v) is 5.88. The van der Waals surface area contributed by atoms with Crippen molar-refractivity contribution in [1.82, 2.24) is 20.1 Å². The Morgan fingerprint density at radius 2 is 2.19 bits per heavy atom. The van der Waals surface area contributed by atoms with Gasteiger partial charge in [0.15, 0.2) is 9.84 Å². The minimum absolute atomic E-state index is 0.170. The van der Waals surface area contributed by atoms with Gasteiger partial charge in [-0.25, -0.2) is 18.1 Å². The average molecular weight is 246 g/mol. The summed E-state index contributed by atoms with van der Waals surface area (Å²) in [7, 11) is -2.88. The lowest BCUT2D eigenvalue weighted by molar-refractivity contribution is 0.571. The van der Waals surface area contributed by atoms with E-state index in [9.17, 15) is 8.42 Å². The summed E-state index contributed by atoms with van der Waals surface area (Å²) in [6, 6.07) is 0. The van der Waals surface area contributed by atoms with Crippen LogP contribution in [0.25, 0.3) is 0 Å². The van der Waals surface area contributed by atoms with E-state index in [-0.39, 0.29) is 11.5 Å². The van der Waals surface area contributed by atoms with E-state index in [2.05, 4.69) is 15.4 Å². The van der Waals surface area contributed by atoms with Gasteiger partial charge in [-0.3, -0.25) is 0 Å². The van der Waals surface area contributed by atoms with Gasteiger partial charge in [0, 0.05) is 18.8 Å². The Hall–Kier alpha value is -0.950. The molecule has 0 aliphatic heterocycles. The molecule has 0 amide bonds. The first-order chi connectivity index (χ1) is 7.59. The summed E-state index contributed by atoms with van der Waals surface area (Å²) in [5.74, 6) is 1.19. The van der Waals surface area contributed by atoms with Gasteiger partial charge in [0.05, 0.1) is 12.3 Å². The molecule has 0 spiro atoms. The van der Waals surface area contributed by atoms with E-state index in [0.29, 0.717) is 13.1 Å². The van der Waals surface area contributed by atoms with Crippen molar-refractivity contribution in [3.05, 3.63) is 12.2 Å². The van der Waals surface area contributed by atoms with Crippen molar-refractivity contribution in [2.24, 2.45) is 0 Å². The van der Waals surface area contributed by atoms with E-state index in [0.717, 1.165) is 12.4 Å². The molecular formula is C9H18N4O2S. The smallest absolute Gasteiger partial charge is 0.151 e. The maximum absolute atomic E-state index is 11.2. The predicted molar refractivity (Wildman–Crippen MR) is 61.7 cm³/mol. The van der Waals surface area contributed by atoms with Crippen molar-refractivity contribution < 1.29 is 8.42 Å². The van der Waals surface area contributed by atoms with Crippen LogP contribution in [-0.2, 0) is 22.9 Å². The minimum Gasteiger partial charge on any atom is -0.309 e. The highest BCUT2D eigenvalue weighted by Crippen LogP contribution is 1.93. The summed E-state index contributed by atoms with van der Waals surface area (Å²) in [6.07, 6.45) is 1.50. The van der Waals surface area contributed by atoms with Crippen molar-refractivity contribution in [3.8, 4) is 0 Å². The van der Waals surface area contributed by atoms with Gasteiger partial charge in [-0.2, -0.15) is 5.10 Å². The largest absolute Gasteiger partial charge is 0.309 e. The van der Waals surface area contributed by atoms with Gasteiger partial charge in [0.1, 0.15) is 12.2 Å². The molecule has 92 valence electrons. The van der Waals surface area contributed by atoms with Crippen LogP contribution in [0, 0.1) is 0 Å². The Morgan fingerprint density at radius 3 is 2.81 bits per heavy atom. The van der Waals surface area contributed by atoms with E-state index >= 15 is 0 Å². The Bertz CT molecular complexity index is 413. The monoisotopic (exact) mass is 246 g/mol. The van der Waals surface area contributed by atoms with E-state index in [1.165, 1.54) is 6.33 Å². The molecule has 1 aromatic rings. The maximum Gasteiger partial charge on any atom is 0.151 e. The average Bonchev–Trinajstić information content (AvgIpc) is 2.72. The molecular weight excluding hydrogens is 228 g/mol. The third kappa shape index (κ3) is 3.90. The predicted octanol–water partition coefficient (Wildman–Crippen LogP) is -0.178. The molecule has 0 saturated heterocycles. The van der Waals surface area contributed by atoms with Crippen LogP contribution in [0.2, 0.25) is 0 Å². The quantitative estimate of drug-likeness (QED) is 0.675. The highest BCUT2D eigenvalue weighted by molar-refractivity contribution is 7.91. The number of sulfone groups is 1. The first kappa shape index (κ1) is 13.1. The lowest BCUT2D eigenvalue weighted by Crippen LogP contribution is -2.25. The lowest BCUT2D eigenvalue weighted by Gasteiger charge is -2.05. The van der Waals surface area contributed by atoms with E-state index in [1.54, 1.807) is 11.6 Å². The zero-order valence-corrected chi connectivity index (χ0v) is 10.5. The molecule has 1 rings (SSSR count). The zero-order chi connectivity index (χ0) is 12.0. The first-order valence-electron chi connectivity index (χ1n) is 5.37. The Kier molecular flexibility index (Phi) is 4.88. The van der Waals surface area contributed by atoms with Gasteiger partial charge >= 0.3 is 0 Å². The molecule has 1 heterocycles. The fourth-order valence-electron chi connectivity index (χ4n) is 1.26. The van der Waals surface area contributed by atoms with Crippen LogP contribution < -0.4 is 5.32 Å². The number of hydrogen-bond donors (Lipinski definition) is 1. The summed E-state index contributed by atoms with van der Waals surface area (Å²) in [5, 5.41) is 7.08. The number of nitrogens with zero attached hydrogens (tertiary/aromatic N) is 3. The van der Waals surface area contributed by atoms with Gasteiger partial charge in [-0.15, -0.1) is 0 Å². The van der Waals surface area contributed by atoms with Crippen LogP contribution in [-0.4, -0.2) is 41.2 Å². The number of rotatable bonds is 7. The van der Waals surface area contributed by atoms with Crippen molar-refractivity contribution in [2.75, 3.05) is 18.1 Å². The van der Waals surface area contributed by atoms with E-state index < -0.39 is 9.84 Å². The van der Waals surface area contributed by atoms with Crippen molar-refractivity contribution in [3.63, 3.8) is 0 Å². The Morgan fingerprint density at radius 1 is 1.44 bits per heavy atom. The molecule has 1 aromatic heterocycles. The summed E-state index contributed by atoms with van der Waals surface area (Å²) in [6.45, 7) is 5.41. The molecule has 0 bridgehead atoms. The molecule has 1 N–H and O–H groups in total. The van der Waals surface area contributed by atoms with Gasteiger partial charge in [0.2, 0.25) is 0 Å². The highest BCUT2D eigenvalue weighted by atomic mass is 32.2. The summed E-state index contributed by atoms with van der Waals surface area (Å²) in [4.78, 5) is 4.08. The van der Waals surface area contributed by atoms with Crippen LogP contribution in [0.3, 0.4) is 0 Å². The molecule has 16 heavy (non-hydrogen) atoms. The second-order valence-electron chi connectivity index (χ2n) is 3.41. The van der Waals surface area contributed by atoms with Crippen molar-refractivity contribution in [1.29, 1.82) is 0 Å². The van der Waals surface area contributed by atoms with Gasteiger partial charge in [0.25, 0.3) is 0 Å². The SMILES string of the molecule is CCn1ncnc1CNCCS(=O)(=O)CC. The Balaban J connectivity index is 2.31. The third-order valence-corrected chi connectivity index (χ3v) is 4.01. The number of nitrogens with one attached hydrogen (secondary N) is 1. The topological polar surface area (TPSA) is 76.9 Å². The zero-order valence-electron chi connectivity index (χ0n) is 9.68. The maximum atomic E-state index is 11.2. The molecule has 6 nitrogen and oxygen atoms in total. The molecule has 7 heteroatoms. The number of hydrogen-bond acceptors (Lipinski definition) is 5. The van der Waals surface area contributed by atoms with E-state index in [1.807, 2.05) is 6.92 Å². The summed E-state index contributed by atoms with van der Waals surface area (Å²) in [5.41, 5.74) is 0. The van der Waals surface area contributed by atoms with Crippen molar-refractivity contribution >= 4 is 9.84 Å². The molecule has 0 aliphatic carbocycles. The molecule has 0 saturated carbocycles. The standard InChI is InChI=1S/C9H18N4O2S/c1-3-13-9(11-8-12-13)7-10-5-6-16(14,15)4-2/h8,10H,3-7H2,1-2H3. The normalized spacial score (nSPS) is 11.9. The van der Waals surface area contributed by atoms with Crippen molar-refractivity contribution in [2.45, 2.75) is 26.9 Å². The molecule has 0 atom stereocenters. The minimum atomic E-state index is -2.88. The van der Waals surface area contributed by atoms with Crippen LogP contribution in [0.5, 0.6) is 0 Å². The molecule has 0 unspecified atom stereocenters. The van der Waals surface area contributed by atoms with Gasteiger partial charge in [-0.1, -0.05) is 6.92 Å². The molecule has 0 aliphatic rings. The van der Waals surface area contributed by atoms with Gasteiger partial charge in [-0.05, 0) is 6.92 Å². The number of aromatic nitrogens is 3. The highest BCUT2D eigenvalue weighted by Gasteiger charge is 2.07. The number of aryl methyl sites for hydroxylation is 1. The first-order valence-corrected chi connectivity index (χ1v) is 7.19.